The van der Waals surface area contributed by atoms with Gasteiger partial charge in [-0.25, -0.2) is 4.98 Å². The molecule has 3 aromatic heterocycles. The molecule has 1 amide bonds. The molecule has 8 nitrogen and oxygen atoms in total. The molecule has 0 fully saturated rings. The Bertz CT molecular complexity index is 931. The Morgan fingerprint density at radius 2 is 2.22 bits per heavy atom. The van der Waals surface area contributed by atoms with Crippen LogP contribution in [0.4, 0.5) is 5.88 Å². The van der Waals surface area contributed by atoms with E-state index in [-0.39, 0.29) is 12.0 Å². The van der Waals surface area contributed by atoms with E-state index in [0.29, 0.717) is 18.1 Å². The van der Waals surface area contributed by atoms with Crippen LogP contribution in [0.15, 0.2) is 41.1 Å². The SMILES string of the molecule is Cc1ccc(N(C=O)CC(C)(C)NOC(C)n2ccc3cc(O)cnc32)o1. The number of aryl methyl sites for hydroxylation is 1. The Labute approximate surface area is 157 Å². The topological polar surface area (TPSA) is 92.8 Å². The number of carbonyl (C=O) groups is 1. The Balaban J connectivity index is 1.65. The molecule has 1 atom stereocenters. The van der Waals surface area contributed by atoms with Gasteiger partial charge in [0.2, 0.25) is 12.3 Å². The summed E-state index contributed by atoms with van der Waals surface area (Å²) in [5, 5.41) is 10.4. The first kappa shape index (κ1) is 18.9. The molecule has 3 heterocycles. The number of anilines is 1. The molecule has 0 saturated carbocycles. The molecular formula is C19H24N4O4. The predicted molar refractivity (Wildman–Crippen MR) is 101 cm³/mol. The Morgan fingerprint density at radius 3 is 2.89 bits per heavy atom. The van der Waals surface area contributed by atoms with Gasteiger partial charge in [-0.15, -0.1) is 0 Å². The number of aromatic nitrogens is 2. The first-order valence-corrected chi connectivity index (χ1v) is 8.66. The fourth-order valence-corrected chi connectivity index (χ4v) is 2.83. The van der Waals surface area contributed by atoms with Crippen LogP contribution >= 0.6 is 0 Å². The molecule has 0 aliphatic heterocycles. The van der Waals surface area contributed by atoms with Crippen molar-refractivity contribution in [2.75, 3.05) is 11.4 Å². The highest BCUT2D eigenvalue weighted by Crippen LogP contribution is 2.23. The second kappa shape index (κ2) is 7.42. The van der Waals surface area contributed by atoms with Gasteiger partial charge < -0.3 is 14.1 Å². The molecule has 0 spiro atoms. The number of pyridine rings is 1. The van der Waals surface area contributed by atoms with Crippen LogP contribution in [0.2, 0.25) is 0 Å². The lowest BCUT2D eigenvalue weighted by atomic mass is 10.1. The number of aromatic hydroxyl groups is 1. The van der Waals surface area contributed by atoms with E-state index in [2.05, 4.69) is 10.5 Å². The predicted octanol–water partition coefficient (Wildman–Crippen LogP) is 3.12. The van der Waals surface area contributed by atoms with E-state index >= 15 is 0 Å². The summed E-state index contributed by atoms with van der Waals surface area (Å²) in [6, 6.07) is 7.08. The number of carbonyl (C=O) groups excluding carboxylic acids is 1. The van der Waals surface area contributed by atoms with Crippen LogP contribution in [0.25, 0.3) is 11.0 Å². The summed E-state index contributed by atoms with van der Waals surface area (Å²) in [6.07, 6.45) is 3.63. The number of amides is 1. The molecule has 0 saturated heterocycles. The van der Waals surface area contributed by atoms with Gasteiger partial charge in [0.05, 0.1) is 11.7 Å². The van der Waals surface area contributed by atoms with Crippen molar-refractivity contribution in [2.24, 2.45) is 0 Å². The summed E-state index contributed by atoms with van der Waals surface area (Å²) >= 11 is 0. The van der Waals surface area contributed by atoms with E-state index in [1.807, 2.05) is 50.6 Å². The number of furan rings is 1. The average molecular weight is 372 g/mol. The van der Waals surface area contributed by atoms with Gasteiger partial charge in [0, 0.05) is 24.2 Å². The molecule has 27 heavy (non-hydrogen) atoms. The summed E-state index contributed by atoms with van der Waals surface area (Å²) < 4.78 is 7.37. The van der Waals surface area contributed by atoms with E-state index < -0.39 is 5.54 Å². The number of hydrogen-bond donors (Lipinski definition) is 2. The summed E-state index contributed by atoms with van der Waals surface area (Å²) in [5.74, 6) is 1.35. The van der Waals surface area contributed by atoms with E-state index in [1.54, 1.807) is 12.1 Å². The summed E-state index contributed by atoms with van der Waals surface area (Å²) in [4.78, 5) is 23.0. The summed E-state index contributed by atoms with van der Waals surface area (Å²) in [6.45, 7) is 7.92. The zero-order valence-corrected chi connectivity index (χ0v) is 15.8. The van der Waals surface area contributed by atoms with Gasteiger partial charge in [-0.3, -0.25) is 14.5 Å². The lowest BCUT2D eigenvalue weighted by Crippen LogP contribution is -2.49. The zero-order chi connectivity index (χ0) is 19.6. The number of fused-ring (bicyclic) bond motifs is 1. The second-order valence-corrected chi connectivity index (χ2v) is 7.15. The van der Waals surface area contributed by atoms with Crippen molar-refractivity contribution < 1.29 is 19.2 Å². The third-order valence-corrected chi connectivity index (χ3v) is 4.14. The quantitative estimate of drug-likeness (QED) is 0.466. The maximum absolute atomic E-state index is 11.5. The maximum Gasteiger partial charge on any atom is 0.216 e. The molecule has 0 radical (unpaired) electrons. The van der Waals surface area contributed by atoms with E-state index in [1.165, 1.54) is 11.1 Å². The molecule has 1 unspecified atom stereocenters. The highest BCUT2D eigenvalue weighted by atomic mass is 16.7. The number of nitrogens with one attached hydrogen (secondary N) is 1. The van der Waals surface area contributed by atoms with Crippen molar-refractivity contribution >= 4 is 23.3 Å². The smallest absolute Gasteiger partial charge is 0.216 e. The van der Waals surface area contributed by atoms with Gasteiger partial charge in [0.25, 0.3) is 0 Å². The van der Waals surface area contributed by atoms with Gasteiger partial charge >= 0.3 is 0 Å². The summed E-state index contributed by atoms with van der Waals surface area (Å²) in [7, 11) is 0. The fourth-order valence-electron chi connectivity index (χ4n) is 2.83. The lowest BCUT2D eigenvalue weighted by Gasteiger charge is -2.31. The van der Waals surface area contributed by atoms with Crippen LogP contribution in [0.5, 0.6) is 5.75 Å². The number of hydrogen-bond acceptors (Lipinski definition) is 6. The van der Waals surface area contributed by atoms with Crippen LogP contribution in [-0.4, -0.2) is 33.2 Å². The van der Waals surface area contributed by atoms with Crippen molar-refractivity contribution in [3.05, 3.63) is 42.4 Å². The molecule has 0 aliphatic rings. The number of hydroxylamine groups is 1. The third kappa shape index (κ3) is 4.29. The largest absolute Gasteiger partial charge is 0.506 e. The van der Waals surface area contributed by atoms with E-state index in [0.717, 1.165) is 17.6 Å². The molecule has 0 aliphatic carbocycles. The van der Waals surface area contributed by atoms with Crippen LogP contribution < -0.4 is 10.4 Å². The van der Waals surface area contributed by atoms with Crippen molar-refractivity contribution in [3.8, 4) is 5.75 Å². The fraction of sp³-hybridized carbons (Fsp3) is 0.368. The molecular weight excluding hydrogens is 348 g/mol. The molecule has 3 rings (SSSR count). The standard InChI is InChI=1S/C19H24N4O4/c1-13-5-6-17(26-13)22(12-24)11-19(3,4)21-27-14(2)23-8-7-15-9-16(25)10-20-18(15)23/h5-10,12,14,21,25H,11H2,1-4H3. The van der Waals surface area contributed by atoms with Crippen LogP contribution in [0.1, 0.15) is 32.8 Å². The van der Waals surface area contributed by atoms with Crippen LogP contribution in [0, 0.1) is 6.92 Å². The van der Waals surface area contributed by atoms with Gasteiger partial charge in [-0.2, -0.15) is 5.48 Å². The average Bonchev–Trinajstić information content (AvgIpc) is 3.23. The summed E-state index contributed by atoms with van der Waals surface area (Å²) in [5.41, 5.74) is 3.20. The molecule has 0 bridgehead atoms. The third-order valence-electron chi connectivity index (χ3n) is 4.14. The monoisotopic (exact) mass is 372 g/mol. The minimum absolute atomic E-state index is 0.121. The Morgan fingerprint density at radius 1 is 1.44 bits per heavy atom. The highest BCUT2D eigenvalue weighted by Gasteiger charge is 2.25. The van der Waals surface area contributed by atoms with Gasteiger partial charge in [0.1, 0.15) is 17.2 Å². The number of nitrogens with zero attached hydrogens (tertiary/aromatic N) is 3. The molecule has 0 aromatic carbocycles. The van der Waals surface area contributed by atoms with Gasteiger partial charge in [-0.1, -0.05) is 0 Å². The van der Waals surface area contributed by atoms with Crippen molar-refractivity contribution in [1.29, 1.82) is 0 Å². The van der Waals surface area contributed by atoms with Crippen LogP contribution in [0.3, 0.4) is 0 Å². The van der Waals surface area contributed by atoms with Crippen LogP contribution in [-0.2, 0) is 9.63 Å². The molecule has 2 N–H and O–H groups in total. The van der Waals surface area contributed by atoms with E-state index in [9.17, 15) is 9.90 Å². The molecule has 144 valence electrons. The Kier molecular flexibility index (Phi) is 5.20. The molecule has 3 aromatic rings. The first-order chi connectivity index (χ1) is 12.8. The van der Waals surface area contributed by atoms with Crippen molar-refractivity contribution in [1.82, 2.24) is 15.0 Å². The minimum Gasteiger partial charge on any atom is -0.506 e. The Hall–Kier alpha value is -2.84. The van der Waals surface area contributed by atoms with Crippen molar-refractivity contribution in [2.45, 2.75) is 39.5 Å². The first-order valence-electron chi connectivity index (χ1n) is 8.66. The molecule has 8 heteroatoms. The second-order valence-electron chi connectivity index (χ2n) is 7.15. The number of rotatable bonds is 8. The zero-order valence-electron chi connectivity index (χ0n) is 15.8. The highest BCUT2D eigenvalue weighted by molar-refractivity contribution is 5.77. The van der Waals surface area contributed by atoms with E-state index in [4.69, 9.17) is 9.25 Å². The van der Waals surface area contributed by atoms with Gasteiger partial charge in [-0.05, 0) is 45.9 Å². The van der Waals surface area contributed by atoms with Gasteiger partial charge in [0.15, 0.2) is 6.23 Å². The maximum atomic E-state index is 11.5. The normalized spacial score (nSPS) is 13.0. The van der Waals surface area contributed by atoms with Crippen molar-refractivity contribution in [3.63, 3.8) is 0 Å². The minimum atomic E-state index is -0.537. The lowest BCUT2D eigenvalue weighted by molar-refractivity contribution is -0.109.